The third kappa shape index (κ3) is 7.40. The number of guanidine groups is 1. The highest BCUT2D eigenvalue weighted by molar-refractivity contribution is 14.0. The van der Waals surface area contributed by atoms with Crippen LogP contribution in [0.25, 0.3) is 0 Å². The van der Waals surface area contributed by atoms with Gasteiger partial charge in [-0.15, -0.1) is 24.0 Å². The van der Waals surface area contributed by atoms with Gasteiger partial charge in [-0.1, -0.05) is 43.7 Å². The van der Waals surface area contributed by atoms with E-state index in [2.05, 4.69) is 57.4 Å². The Hall–Kier alpha value is -0.860. The van der Waals surface area contributed by atoms with E-state index in [1.165, 1.54) is 37.8 Å². The lowest BCUT2D eigenvalue weighted by Crippen LogP contribution is -2.48. The second-order valence-electron chi connectivity index (χ2n) is 8.06. The van der Waals surface area contributed by atoms with Crippen molar-refractivity contribution in [2.24, 2.45) is 10.9 Å². The zero-order valence-electron chi connectivity index (χ0n) is 18.2. The smallest absolute Gasteiger partial charge is 0.193 e. The number of unbranched alkanes of at least 4 members (excludes halogenated alkanes) is 1. The zero-order valence-corrected chi connectivity index (χ0v) is 20.5. The van der Waals surface area contributed by atoms with Gasteiger partial charge in [0.15, 0.2) is 5.96 Å². The van der Waals surface area contributed by atoms with Gasteiger partial charge in [0, 0.05) is 39.8 Å². The highest BCUT2D eigenvalue weighted by Crippen LogP contribution is 2.34. The number of ether oxygens (including phenoxy) is 1. The molecule has 1 aromatic rings. The van der Waals surface area contributed by atoms with Gasteiger partial charge in [0.1, 0.15) is 0 Å². The van der Waals surface area contributed by atoms with Crippen LogP contribution in [0, 0.1) is 5.92 Å². The van der Waals surface area contributed by atoms with E-state index in [0.717, 1.165) is 51.9 Å². The van der Waals surface area contributed by atoms with Gasteiger partial charge in [-0.2, -0.15) is 0 Å². The second-order valence-corrected chi connectivity index (χ2v) is 8.06. The summed E-state index contributed by atoms with van der Waals surface area (Å²) in [4.78, 5) is 9.55. The minimum absolute atomic E-state index is 0. The van der Waals surface area contributed by atoms with E-state index in [0.29, 0.717) is 11.8 Å². The van der Waals surface area contributed by atoms with Crippen molar-refractivity contribution in [1.82, 2.24) is 15.1 Å². The molecular formula is C23H39IN4O. The van der Waals surface area contributed by atoms with Crippen molar-refractivity contribution >= 4 is 29.9 Å². The molecule has 1 N–H and O–H groups in total. The number of nitrogens with zero attached hydrogens (tertiary/aromatic N) is 3. The van der Waals surface area contributed by atoms with Crippen molar-refractivity contribution in [3.8, 4) is 0 Å². The van der Waals surface area contributed by atoms with Gasteiger partial charge in [0.25, 0.3) is 0 Å². The van der Waals surface area contributed by atoms with Crippen LogP contribution >= 0.6 is 24.0 Å². The van der Waals surface area contributed by atoms with Crippen LogP contribution in [0.3, 0.4) is 0 Å². The molecule has 0 spiro atoms. The number of morpholine rings is 1. The Morgan fingerprint density at radius 1 is 1.14 bits per heavy atom. The first-order chi connectivity index (χ1) is 13.8. The molecule has 164 valence electrons. The van der Waals surface area contributed by atoms with Crippen LogP contribution in [-0.4, -0.2) is 75.3 Å². The Labute approximate surface area is 194 Å². The van der Waals surface area contributed by atoms with Crippen LogP contribution in [0.5, 0.6) is 0 Å². The summed E-state index contributed by atoms with van der Waals surface area (Å²) in [5.41, 5.74) is 1.50. The molecule has 2 aliphatic rings. The summed E-state index contributed by atoms with van der Waals surface area (Å²) >= 11 is 0. The molecule has 2 heterocycles. The number of likely N-dealkylation sites (tertiary alicyclic amines) is 1. The summed E-state index contributed by atoms with van der Waals surface area (Å²) in [6.07, 6.45) is 4.85. The maximum absolute atomic E-state index is 5.42. The molecule has 0 aromatic heterocycles. The normalized spacial score (nSPS) is 23.5. The zero-order chi connectivity index (χ0) is 19.6. The van der Waals surface area contributed by atoms with Crippen LogP contribution in [0.15, 0.2) is 35.3 Å². The lowest BCUT2D eigenvalue weighted by atomic mass is 9.79. The summed E-state index contributed by atoms with van der Waals surface area (Å²) in [6, 6.07) is 11.1. The van der Waals surface area contributed by atoms with Crippen molar-refractivity contribution in [3.05, 3.63) is 35.9 Å². The van der Waals surface area contributed by atoms with Gasteiger partial charge < -0.3 is 15.0 Å². The largest absolute Gasteiger partial charge is 0.379 e. The lowest BCUT2D eigenvalue weighted by molar-refractivity contribution is 0.0372. The number of rotatable bonds is 7. The van der Waals surface area contributed by atoms with Crippen molar-refractivity contribution in [2.45, 2.75) is 38.5 Å². The summed E-state index contributed by atoms with van der Waals surface area (Å²) in [5, 5.41) is 3.61. The highest BCUT2D eigenvalue weighted by Gasteiger charge is 2.30. The van der Waals surface area contributed by atoms with Crippen LogP contribution in [0.2, 0.25) is 0 Å². The van der Waals surface area contributed by atoms with E-state index in [-0.39, 0.29) is 24.0 Å². The molecule has 5 nitrogen and oxygen atoms in total. The molecule has 0 radical (unpaired) electrons. The fraction of sp³-hybridized carbons (Fsp3) is 0.696. The monoisotopic (exact) mass is 514 g/mol. The van der Waals surface area contributed by atoms with Gasteiger partial charge in [0.2, 0.25) is 0 Å². The minimum Gasteiger partial charge on any atom is -0.379 e. The average molecular weight is 514 g/mol. The quantitative estimate of drug-likeness (QED) is 0.260. The molecule has 3 rings (SSSR count). The molecule has 2 saturated heterocycles. The Morgan fingerprint density at radius 3 is 2.59 bits per heavy atom. The van der Waals surface area contributed by atoms with Crippen molar-refractivity contribution in [3.63, 3.8) is 0 Å². The standard InChI is InChI=1S/C23H38N4O.HI/c1-3-20-19-27(14-11-22(20)21-9-5-4-6-10-21)23(24-2)25-12-7-8-13-26-15-17-28-18-16-26;/h4-6,9-10,20,22H,3,7-8,11-19H2,1-2H3,(H,24,25);1H. The predicted octanol–water partition coefficient (Wildman–Crippen LogP) is 3.81. The fourth-order valence-electron chi connectivity index (χ4n) is 4.59. The van der Waals surface area contributed by atoms with Gasteiger partial charge in [-0.05, 0) is 43.2 Å². The van der Waals surface area contributed by atoms with Crippen LogP contribution in [0.1, 0.15) is 44.1 Å². The number of halogens is 1. The first-order valence-corrected chi connectivity index (χ1v) is 11.1. The average Bonchev–Trinajstić information content (AvgIpc) is 2.77. The molecule has 2 aliphatic heterocycles. The van der Waals surface area contributed by atoms with Crippen molar-refractivity contribution in [2.75, 3.05) is 59.5 Å². The Balaban J connectivity index is 0.00000300. The molecule has 0 aliphatic carbocycles. The molecule has 1 aromatic carbocycles. The van der Waals surface area contributed by atoms with Gasteiger partial charge in [-0.3, -0.25) is 9.89 Å². The first kappa shape index (κ1) is 24.4. The molecule has 29 heavy (non-hydrogen) atoms. The maximum atomic E-state index is 5.42. The molecule has 2 unspecified atom stereocenters. The van der Waals surface area contributed by atoms with Crippen LogP contribution in [0.4, 0.5) is 0 Å². The molecule has 6 heteroatoms. The van der Waals surface area contributed by atoms with Crippen LogP contribution < -0.4 is 5.32 Å². The number of hydrogen-bond acceptors (Lipinski definition) is 3. The van der Waals surface area contributed by atoms with Gasteiger partial charge in [-0.25, -0.2) is 0 Å². The van der Waals surface area contributed by atoms with E-state index in [1.807, 2.05) is 7.05 Å². The van der Waals surface area contributed by atoms with Crippen molar-refractivity contribution in [1.29, 1.82) is 0 Å². The van der Waals surface area contributed by atoms with E-state index < -0.39 is 0 Å². The summed E-state index contributed by atoms with van der Waals surface area (Å²) in [5.74, 6) is 2.45. The van der Waals surface area contributed by atoms with E-state index in [1.54, 1.807) is 0 Å². The van der Waals surface area contributed by atoms with E-state index in [9.17, 15) is 0 Å². The Morgan fingerprint density at radius 2 is 1.90 bits per heavy atom. The SMILES string of the molecule is CCC1CN(C(=NC)NCCCCN2CCOCC2)CCC1c1ccccc1.I. The first-order valence-electron chi connectivity index (χ1n) is 11.1. The fourth-order valence-corrected chi connectivity index (χ4v) is 4.59. The predicted molar refractivity (Wildman–Crippen MR) is 132 cm³/mol. The van der Waals surface area contributed by atoms with Crippen molar-refractivity contribution < 1.29 is 4.74 Å². The number of piperidine rings is 1. The third-order valence-corrected chi connectivity index (χ3v) is 6.29. The molecule has 0 bridgehead atoms. The van der Waals surface area contributed by atoms with E-state index >= 15 is 0 Å². The summed E-state index contributed by atoms with van der Waals surface area (Å²) in [6.45, 7) is 10.7. The number of hydrogen-bond donors (Lipinski definition) is 1. The topological polar surface area (TPSA) is 40.1 Å². The number of benzene rings is 1. The van der Waals surface area contributed by atoms with Gasteiger partial charge in [0.05, 0.1) is 13.2 Å². The molecule has 0 amide bonds. The maximum Gasteiger partial charge on any atom is 0.193 e. The van der Waals surface area contributed by atoms with E-state index in [4.69, 9.17) is 4.74 Å². The molecule has 0 saturated carbocycles. The highest BCUT2D eigenvalue weighted by atomic mass is 127. The van der Waals surface area contributed by atoms with Gasteiger partial charge >= 0.3 is 0 Å². The molecule has 2 fully saturated rings. The Kier molecular flexibility index (Phi) is 11.3. The molecular weight excluding hydrogens is 475 g/mol. The summed E-state index contributed by atoms with van der Waals surface area (Å²) in [7, 11) is 1.92. The summed E-state index contributed by atoms with van der Waals surface area (Å²) < 4.78 is 5.42. The molecule has 2 atom stereocenters. The van der Waals surface area contributed by atoms with Crippen LogP contribution in [-0.2, 0) is 4.74 Å². The third-order valence-electron chi connectivity index (χ3n) is 6.29. The second kappa shape index (κ2) is 13.4. The number of aliphatic imine (C=N–C) groups is 1. The number of nitrogens with one attached hydrogen (secondary N) is 1. The minimum atomic E-state index is 0. The Bertz CT molecular complexity index is 592. The lowest BCUT2D eigenvalue weighted by Gasteiger charge is -2.40.